The van der Waals surface area contributed by atoms with Crippen molar-refractivity contribution in [3.8, 4) is 0 Å². The van der Waals surface area contributed by atoms with Crippen molar-refractivity contribution in [2.45, 2.75) is 328 Å². The standard InChI is InChI=1S/C60H122NO7P/c1-6-8-10-12-14-16-18-20-22-24-26-27-28-29-30-31-32-33-34-35-36-37-39-41-43-45-47-49-51-53-60(62)68-59(58-67-69(63,64)66-56-54-61(3,4)5)57-65-55-52-50-48-46-44-42-40-38-25-23-21-19-17-15-13-11-9-7-2/h59H,6-58H2,1-5H3/p+1/t59-/m1/s1. The first kappa shape index (κ1) is 68.5. The number of rotatable bonds is 59. The van der Waals surface area contributed by atoms with Crippen LogP contribution in [-0.4, -0.2) is 75.6 Å². The summed E-state index contributed by atoms with van der Waals surface area (Å²) < 4.78 is 35.3. The molecule has 0 aliphatic carbocycles. The SMILES string of the molecule is CCCCCCCCCCCCCCCCCCCCCCCCCCCCCCCC(=O)O[C@H](COCCCCCCCCCCCCCCCCCCCC)COP(=O)(O)OCC[N+](C)(C)C. The van der Waals surface area contributed by atoms with Crippen molar-refractivity contribution in [1.29, 1.82) is 0 Å². The molecule has 0 rings (SSSR count). The summed E-state index contributed by atoms with van der Waals surface area (Å²) in [5.74, 6) is -0.302. The summed E-state index contributed by atoms with van der Waals surface area (Å²) in [5, 5.41) is 0. The fourth-order valence-electron chi connectivity index (χ4n) is 9.44. The lowest BCUT2D eigenvalue weighted by Crippen LogP contribution is -2.37. The Bertz CT molecular complexity index is 1070. The van der Waals surface area contributed by atoms with Gasteiger partial charge in [0.25, 0.3) is 0 Å². The van der Waals surface area contributed by atoms with Gasteiger partial charge in [-0.25, -0.2) is 4.57 Å². The average Bonchev–Trinajstić information content (AvgIpc) is 3.31. The van der Waals surface area contributed by atoms with Crippen molar-refractivity contribution < 1.29 is 37.3 Å². The van der Waals surface area contributed by atoms with Crippen molar-refractivity contribution >= 4 is 13.8 Å². The number of carbonyl (C=O) groups is 1. The zero-order chi connectivity index (χ0) is 50.5. The molecule has 0 radical (unpaired) electrons. The molecule has 69 heavy (non-hydrogen) atoms. The van der Waals surface area contributed by atoms with Gasteiger partial charge >= 0.3 is 13.8 Å². The van der Waals surface area contributed by atoms with Gasteiger partial charge < -0.3 is 18.9 Å². The zero-order valence-electron chi connectivity index (χ0n) is 47.3. The Labute approximate surface area is 431 Å². The van der Waals surface area contributed by atoms with E-state index in [1.54, 1.807) is 0 Å². The van der Waals surface area contributed by atoms with Gasteiger partial charge in [0, 0.05) is 13.0 Å². The molecule has 0 aliphatic rings. The average molecular weight is 1000 g/mol. The van der Waals surface area contributed by atoms with E-state index >= 15 is 0 Å². The summed E-state index contributed by atoms with van der Waals surface area (Å²) >= 11 is 0. The van der Waals surface area contributed by atoms with Crippen molar-refractivity contribution in [2.75, 3.05) is 54.1 Å². The van der Waals surface area contributed by atoms with Gasteiger partial charge in [0.15, 0.2) is 0 Å². The number of unbranched alkanes of at least 4 members (excludes halogenated alkanes) is 45. The molecule has 1 N–H and O–H groups in total. The van der Waals surface area contributed by atoms with E-state index in [0.717, 1.165) is 32.1 Å². The topological polar surface area (TPSA) is 91.3 Å². The molecule has 414 valence electrons. The van der Waals surface area contributed by atoms with Crippen LogP contribution in [0, 0.1) is 0 Å². The van der Waals surface area contributed by atoms with Gasteiger partial charge in [-0.3, -0.25) is 13.8 Å². The highest BCUT2D eigenvalue weighted by atomic mass is 31.2. The van der Waals surface area contributed by atoms with Crippen molar-refractivity contribution in [2.24, 2.45) is 0 Å². The minimum atomic E-state index is -4.28. The van der Waals surface area contributed by atoms with Crippen molar-refractivity contribution in [1.82, 2.24) is 0 Å². The quantitative estimate of drug-likeness (QED) is 0.0281. The normalized spacial score (nSPS) is 13.3. The predicted molar refractivity (Wildman–Crippen MR) is 298 cm³/mol. The van der Waals surface area contributed by atoms with Gasteiger partial charge in [-0.1, -0.05) is 303 Å². The molecule has 9 heteroatoms. The summed E-state index contributed by atoms with van der Waals surface area (Å²) in [6.07, 6.45) is 63.3. The minimum Gasteiger partial charge on any atom is -0.457 e. The molecule has 0 spiro atoms. The summed E-state index contributed by atoms with van der Waals surface area (Å²) in [5.41, 5.74) is 0. The largest absolute Gasteiger partial charge is 0.472 e. The number of nitrogens with zero attached hydrogens (tertiary/aromatic N) is 1. The second-order valence-electron chi connectivity index (χ2n) is 22.5. The number of carbonyl (C=O) groups excluding carboxylic acids is 1. The van der Waals surface area contributed by atoms with Crippen LogP contribution in [-0.2, 0) is 27.9 Å². The summed E-state index contributed by atoms with van der Waals surface area (Å²) in [6.45, 7) is 5.72. The highest BCUT2D eigenvalue weighted by molar-refractivity contribution is 7.47. The van der Waals surface area contributed by atoms with E-state index in [-0.39, 0.29) is 25.8 Å². The van der Waals surface area contributed by atoms with Crippen LogP contribution < -0.4 is 0 Å². The van der Waals surface area contributed by atoms with Crippen LogP contribution in [0.1, 0.15) is 322 Å². The Balaban J connectivity index is 3.93. The van der Waals surface area contributed by atoms with Crippen molar-refractivity contribution in [3.05, 3.63) is 0 Å². The number of phosphoric ester groups is 1. The summed E-state index contributed by atoms with van der Waals surface area (Å²) in [6, 6.07) is 0. The summed E-state index contributed by atoms with van der Waals surface area (Å²) in [4.78, 5) is 23.1. The summed E-state index contributed by atoms with van der Waals surface area (Å²) in [7, 11) is 1.70. The number of likely N-dealkylation sites (N-methyl/N-ethyl adjacent to an activating group) is 1. The Morgan fingerprint density at radius 2 is 0.667 bits per heavy atom. The fourth-order valence-corrected chi connectivity index (χ4v) is 10.2. The Morgan fingerprint density at radius 1 is 0.391 bits per heavy atom. The smallest absolute Gasteiger partial charge is 0.457 e. The minimum absolute atomic E-state index is 0.0945. The molecule has 0 saturated carbocycles. The Kier molecular flexibility index (Phi) is 53.4. The number of esters is 1. The Morgan fingerprint density at radius 3 is 0.957 bits per heavy atom. The van der Waals surface area contributed by atoms with Gasteiger partial charge in [0.2, 0.25) is 0 Å². The number of hydrogen-bond donors (Lipinski definition) is 1. The highest BCUT2D eigenvalue weighted by Crippen LogP contribution is 2.43. The number of hydrogen-bond acceptors (Lipinski definition) is 6. The lowest BCUT2D eigenvalue weighted by atomic mass is 10.0. The second kappa shape index (κ2) is 53.8. The first-order valence-corrected chi connectivity index (χ1v) is 32.3. The van der Waals surface area contributed by atoms with E-state index in [2.05, 4.69) is 13.8 Å². The molecule has 0 aromatic heterocycles. The highest BCUT2D eigenvalue weighted by Gasteiger charge is 2.26. The third-order valence-corrected chi connectivity index (χ3v) is 15.2. The van der Waals surface area contributed by atoms with Gasteiger partial charge in [-0.15, -0.1) is 0 Å². The van der Waals surface area contributed by atoms with Crippen LogP contribution in [0.5, 0.6) is 0 Å². The van der Waals surface area contributed by atoms with Crippen LogP contribution in [0.25, 0.3) is 0 Å². The van der Waals surface area contributed by atoms with Crippen LogP contribution in [0.2, 0.25) is 0 Å². The molecule has 0 aliphatic heterocycles. The third kappa shape index (κ3) is 58.3. The molecule has 0 bridgehead atoms. The monoisotopic (exact) mass is 1000 g/mol. The van der Waals surface area contributed by atoms with E-state index in [9.17, 15) is 14.3 Å². The molecule has 0 fully saturated rings. The predicted octanol–water partition coefficient (Wildman–Crippen LogP) is 19.5. The van der Waals surface area contributed by atoms with E-state index in [1.807, 2.05) is 21.1 Å². The molecule has 0 heterocycles. The molecular weight excluding hydrogens is 878 g/mol. The maximum Gasteiger partial charge on any atom is 0.472 e. The van der Waals surface area contributed by atoms with E-state index in [4.69, 9.17) is 18.5 Å². The lowest BCUT2D eigenvalue weighted by Gasteiger charge is -2.24. The third-order valence-electron chi connectivity index (χ3n) is 14.2. The van der Waals surface area contributed by atoms with E-state index in [1.165, 1.54) is 270 Å². The molecule has 0 saturated heterocycles. The van der Waals surface area contributed by atoms with Crippen LogP contribution in [0.3, 0.4) is 0 Å². The molecule has 0 aromatic rings. The van der Waals surface area contributed by atoms with Crippen LogP contribution >= 0.6 is 7.82 Å². The van der Waals surface area contributed by atoms with Gasteiger partial charge in [-0.05, 0) is 12.8 Å². The van der Waals surface area contributed by atoms with Gasteiger partial charge in [0.1, 0.15) is 19.3 Å². The van der Waals surface area contributed by atoms with Crippen LogP contribution in [0.4, 0.5) is 0 Å². The van der Waals surface area contributed by atoms with Crippen molar-refractivity contribution in [3.63, 3.8) is 0 Å². The van der Waals surface area contributed by atoms with Gasteiger partial charge in [-0.2, -0.15) is 0 Å². The maximum absolute atomic E-state index is 12.8. The molecule has 2 atom stereocenters. The lowest BCUT2D eigenvalue weighted by molar-refractivity contribution is -0.870. The molecule has 0 aromatic carbocycles. The molecule has 8 nitrogen and oxygen atoms in total. The van der Waals surface area contributed by atoms with E-state index < -0.39 is 13.9 Å². The molecular formula is C60H123NO7P+. The van der Waals surface area contributed by atoms with Gasteiger partial charge in [0.05, 0.1) is 34.4 Å². The first-order valence-electron chi connectivity index (χ1n) is 30.8. The zero-order valence-corrected chi connectivity index (χ0v) is 48.2. The fraction of sp³-hybridized carbons (Fsp3) is 0.983. The molecule has 1 unspecified atom stereocenters. The first-order chi connectivity index (χ1) is 33.6. The Hall–Kier alpha value is -0.500. The number of quaternary nitrogens is 1. The van der Waals surface area contributed by atoms with E-state index in [0.29, 0.717) is 24.1 Å². The number of phosphoric acid groups is 1. The maximum atomic E-state index is 12.8. The number of ether oxygens (including phenoxy) is 2. The second-order valence-corrected chi connectivity index (χ2v) is 23.9. The van der Waals surface area contributed by atoms with Crippen LogP contribution in [0.15, 0.2) is 0 Å². The molecule has 0 amide bonds.